The maximum atomic E-state index is 13.1. The van der Waals surface area contributed by atoms with Crippen LogP contribution in [0.5, 0.6) is 5.75 Å². The molecule has 36 heavy (non-hydrogen) atoms. The molecule has 1 aromatic heterocycles. The van der Waals surface area contributed by atoms with Crippen molar-refractivity contribution in [2.75, 3.05) is 18.1 Å². The Morgan fingerprint density at radius 3 is 2.58 bits per heavy atom. The number of aryl methyl sites for hydroxylation is 1. The Bertz CT molecular complexity index is 1550. The molecule has 0 aliphatic carbocycles. The van der Waals surface area contributed by atoms with Gasteiger partial charge in [0.05, 0.1) is 17.6 Å². The largest absolute Gasteiger partial charge is 0.492 e. The maximum absolute atomic E-state index is 13.1. The fourth-order valence-corrected chi connectivity index (χ4v) is 5.34. The number of imidazole rings is 1. The lowest BCUT2D eigenvalue weighted by Gasteiger charge is -2.20. The van der Waals surface area contributed by atoms with Crippen molar-refractivity contribution < 1.29 is 9.53 Å². The predicted octanol–water partition coefficient (Wildman–Crippen LogP) is 6.35. The molecule has 180 valence electrons. The third-order valence-electron chi connectivity index (χ3n) is 7.14. The minimum Gasteiger partial charge on any atom is -0.492 e. The van der Waals surface area contributed by atoms with E-state index < -0.39 is 0 Å². The number of rotatable bonds is 7. The Morgan fingerprint density at radius 2 is 1.69 bits per heavy atom. The van der Waals surface area contributed by atoms with Gasteiger partial charge < -0.3 is 14.2 Å². The number of para-hydroxylation sites is 3. The van der Waals surface area contributed by atoms with Crippen LogP contribution in [0.15, 0.2) is 91.0 Å². The van der Waals surface area contributed by atoms with Gasteiger partial charge in [0.15, 0.2) is 0 Å². The molecule has 4 aromatic carbocycles. The summed E-state index contributed by atoms with van der Waals surface area (Å²) in [5.41, 5.74) is 4.26. The number of benzene rings is 4. The second-order valence-corrected chi connectivity index (χ2v) is 9.36. The van der Waals surface area contributed by atoms with Gasteiger partial charge in [0.25, 0.3) is 0 Å². The van der Waals surface area contributed by atoms with Crippen molar-refractivity contribution in [1.82, 2.24) is 9.55 Å². The topological polar surface area (TPSA) is 47.4 Å². The molecule has 0 saturated carbocycles. The summed E-state index contributed by atoms with van der Waals surface area (Å²) >= 11 is 0. The second kappa shape index (κ2) is 9.50. The number of ether oxygens (including phenoxy) is 1. The number of hydrogen-bond acceptors (Lipinski definition) is 3. The van der Waals surface area contributed by atoms with Crippen molar-refractivity contribution in [3.8, 4) is 5.75 Å². The van der Waals surface area contributed by atoms with E-state index in [0.717, 1.165) is 34.7 Å². The maximum Gasteiger partial charge on any atom is 0.227 e. The van der Waals surface area contributed by atoms with E-state index in [1.165, 1.54) is 16.3 Å². The lowest BCUT2D eigenvalue weighted by Crippen LogP contribution is -2.25. The van der Waals surface area contributed by atoms with E-state index in [2.05, 4.69) is 54.0 Å². The van der Waals surface area contributed by atoms with Gasteiger partial charge in [-0.2, -0.15) is 0 Å². The van der Waals surface area contributed by atoms with Gasteiger partial charge in [-0.1, -0.05) is 67.6 Å². The van der Waals surface area contributed by atoms with Crippen LogP contribution in [0.25, 0.3) is 21.8 Å². The first-order valence-electron chi connectivity index (χ1n) is 12.7. The van der Waals surface area contributed by atoms with Gasteiger partial charge in [-0.3, -0.25) is 4.79 Å². The molecule has 0 bridgehead atoms. The highest BCUT2D eigenvalue weighted by molar-refractivity contribution is 5.97. The molecule has 1 fully saturated rings. The number of nitrogens with zero attached hydrogens (tertiary/aromatic N) is 3. The average molecular weight is 476 g/mol. The monoisotopic (exact) mass is 475 g/mol. The van der Waals surface area contributed by atoms with Crippen LogP contribution >= 0.6 is 0 Å². The highest BCUT2D eigenvalue weighted by atomic mass is 16.5. The summed E-state index contributed by atoms with van der Waals surface area (Å²) in [6, 6.07) is 30.9. The molecule has 0 radical (unpaired) electrons. The van der Waals surface area contributed by atoms with E-state index in [0.29, 0.717) is 26.1 Å². The summed E-state index contributed by atoms with van der Waals surface area (Å²) in [5, 5.41) is 2.37. The molecular formula is C31H29N3O2. The van der Waals surface area contributed by atoms with Gasteiger partial charge in [0.2, 0.25) is 5.91 Å². The summed E-state index contributed by atoms with van der Waals surface area (Å²) in [7, 11) is 0. The third kappa shape index (κ3) is 4.11. The fourth-order valence-electron chi connectivity index (χ4n) is 5.34. The molecule has 6 rings (SSSR count). The molecule has 5 aromatic rings. The van der Waals surface area contributed by atoms with Crippen molar-refractivity contribution in [1.29, 1.82) is 0 Å². The molecule has 1 unspecified atom stereocenters. The van der Waals surface area contributed by atoms with E-state index >= 15 is 0 Å². The summed E-state index contributed by atoms with van der Waals surface area (Å²) < 4.78 is 8.41. The Kier molecular flexibility index (Phi) is 5.90. The molecule has 0 spiro atoms. The number of hydrogen-bond donors (Lipinski definition) is 0. The number of carbonyl (C=O) groups excluding carboxylic acids is 1. The van der Waals surface area contributed by atoms with Crippen LogP contribution in [0.2, 0.25) is 0 Å². The highest BCUT2D eigenvalue weighted by Gasteiger charge is 2.35. The van der Waals surface area contributed by atoms with Gasteiger partial charge >= 0.3 is 0 Å². The molecular weight excluding hydrogens is 446 g/mol. The molecule has 1 atom stereocenters. The van der Waals surface area contributed by atoms with Crippen molar-refractivity contribution in [3.05, 3.63) is 102 Å². The molecule has 5 heteroatoms. The van der Waals surface area contributed by atoms with Crippen molar-refractivity contribution in [2.45, 2.75) is 32.2 Å². The smallest absolute Gasteiger partial charge is 0.227 e. The molecule has 1 aliphatic rings. The molecule has 2 heterocycles. The van der Waals surface area contributed by atoms with Crippen LogP contribution in [0, 0.1) is 0 Å². The van der Waals surface area contributed by atoms with Gasteiger partial charge in [-0.15, -0.1) is 0 Å². The Balaban J connectivity index is 1.26. The molecule has 1 aliphatic heterocycles. The summed E-state index contributed by atoms with van der Waals surface area (Å²) in [6.45, 7) is 3.96. The summed E-state index contributed by atoms with van der Waals surface area (Å²) in [5.74, 6) is 2.02. The summed E-state index contributed by atoms with van der Waals surface area (Å²) in [6.07, 6.45) is 1.36. The lowest BCUT2D eigenvalue weighted by molar-refractivity contribution is -0.117. The standard InChI is InChI=1S/C31H29N3O2/c1-2-22-9-5-7-13-28(22)34-21-25(20-30(34)35)31-32-27-12-6-8-14-29(27)33(31)17-18-36-26-16-15-23-10-3-4-11-24(23)19-26/h3-16,19,25H,2,17-18,20-21H2,1H3. The van der Waals surface area contributed by atoms with E-state index in [4.69, 9.17) is 9.72 Å². The minimum atomic E-state index is 0.0375. The van der Waals surface area contributed by atoms with Crippen LogP contribution in [0.3, 0.4) is 0 Å². The minimum absolute atomic E-state index is 0.0375. The van der Waals surface area contributed by atoms with E-state index in [1.807, 2.05) is 53.4 Å². The Labute approximate surface area is 210 Å². The zero-order chi connectivity index (χ0) is 24.5. The van der Waals surface area contributed by atoms with E-state index in [1.54, 1.807) is 0 Å². The third-order valence-corrected chi connectivity index (χ3v) is 7.14. The fraction of sp³-hybridized carbons (Fsp3) is 0.226. The van der Waals surface area contributed by atoms with Crippen molar-refractivity contribution in [2.24, 2.45) is 0 Å². The number of aromatic nitrogens is 2. The summed E-state index contributed by atoms with van der Waals surface area (Å²) in [4.78, 5) is 20.1. The number of carbonyl (C=O) groups is 1. The number of anilines is 1. The van der Waals surface area contributed by atoms with Gasteiger partial charge in [0.1, 0.15) is 18.2 Å². The lowest BCUT2D eigenvalue weighted by atomic mass is 10.1. The van der Waals surface area contributed by atoms with Crippen LogP contribution in [0.1, 0.15) is 30.7 Å². The van der Waals surface area contributed by atoms with Crippen molar-refractivity contribution >= 4 is 33.4 Å². The van der Waals surface area contributed by atoms with Crippen LogP contribution in [-0.4, -0.2) is 28.6 Å². The first-order valence-corrected chi connectivity index (χ1v) is 12.7. The molecule has 1 saturated heterocycles. The molecule has 1 amide bonds. The SMILES string of the molecule is CCc1ccccc1N1CC(c2nc3ccccc3n2CCOc2ccc3ccccc3c2)CC1=O. The zero-order valence-corrected chi connectivity index (χ0v) is 20.4. The van der Waals surface area contributed by atoms with Crippen LogP contribution in [0.4, 0.5) is 5.69 Å². The first-order chi connectivity index (χ1) is 17.7. The van der Waals surface area contributed by atoms with Gasteiger partial charge in [-0.05, 0) is 53.1 Å². The normalized spacial score (nSPS) is 15.8. The average Bonchev–Trinajstić information content (AvgIpc) is 3.49. The number of amides is 1. The zero-order valence-electron chi connectivity index (χ0n) is 20.4. The first kappa shape index (κ1) is 22.4. The Hall–Kier alpha value is -4.12. The van der Waals surface area contributed by atoms with Gasteiger partial charge in [0, 0.05) is 24.6 Å². The highest BCUT2D eigenvalue weighted by Crippen LogP contribution is 2.34. The van der Waals surface area contributed by atoms with Crippen LogP contribution in [-0.2, 0) is 17.8 Å². The predicted molar refractivity (Wildman–Crippen MR) is 145 cm³/mol. The molecule has 0 N–H and O–H groups in total. The quantitative estimate of drug-likeness (QED) is 0.276. The van der Waals surface area contributed by atoms with E-state index in [9.17, 15) is 4.79 Å². The van der Waals surface area contributed by atoms with E-state index in [-0.39, 0.29) is 11.8 Å². The second-order valence-electron chi connectivity index (χ2n) is 9.36. The Morgan fingerprint density at radius 1 is 0.917 bits per heavy atom. The van der Waals surface area contributed by atoms with Crippen LogP contribution < -0.4 is 9.64 Å². The number of fused-ring (bicyclic) bond motifs is 2. The van der Waals surface area contributed by atoms with Crippen molar-refractivity contribution in [3.63, 3.8) is 0 Å². The molecule has 5 nitrogen and oxygen atoms in total. The van der Waals surface area contributed by atoms with Gasteiger partial charge in [-0.25, -0.2) is 4.98 Å².